The summed E-state index contributed by atoms with van der Waals surface area (Å²) in [4.78, 5) is 32.3. The zero-order valence-electron chi connectivity index (χ0n) is 13.8. The number of aliphatic hydroxyl groups excluding tert-OH is 1. The van der Waals surface area contributed by atoms with E-state index in [1.54, 1.807) is 0 Å². The third-order valence-corrected chi connectivity index (χ3v) is 3.77. The molecule has 0 heterocycles. The van der Waals surface area contributed by atoms with Crippen molar-refractivity contribution in [2.24, 2.45) is 0 Å². The van der Waals surface area contributed by atoms with Crippen LogP contribution >= 0.6 is 23.2 Å². The average Bonchev–Trinajstić information content (AvgIpc) is 2.62. The van der Waals surface area contributed by atoms with Crippen molar-refractivity contribution in [2.75, 3.05) is 6.61 Å². The number of carboxylic acid groups (broad SMARTS) is 1. The Hall–Kier alpha value is -1.95. The molecule has 0 aromatic heterocycles. The molecule has 0 radical (unpaired) electrons. The van der Waals surface area contributed by atoms with Crippen LogP contribution in [0.15, 0.2) is 24.3 Å². The van der Waals surface area contributed by atoms with Crippen LogP contribution in [-0.4, -0.2) is 50.8 Å². The van der Waals surface area contributed by atoms with Gasteiger partial charge in [0.25, 0.3) is 5.91 Å². The third-order valence-electron chi connectivity index (χ3n) is 3.37. The number of quaternary nitrogens is 1. The summed E-state index contributed by atoms with van der Waals surface area (Å²) in [5, 5.41) is 39.9. The lowest BCUT2D eigenvalue weighted by molar-refractivity contribution is -0.991. The van der Waals surface area contributed by atoms with Gasteiger partial charge in [-0.2, -0.15) is 5.23 Å². The number of halogens is 2. The number of aliphatic hydroxyl groups is 1. The van der Waals surface area contributed by atoms with Crippen molar-refractivity contribution >= 4 is 46.7 Å². The quantitative estimate of drug-likeness (QED) is 0.196. The molecule has 0 fully saturated rings. The highest BCUT2D eigenvalue weighted by molar-refractivity contribution is 6.53. The molecular formula is C15H18Cl2N2O8. The van der Waals surface area contributed by atoms with E-state index in [2.05, 4.69) is 5.32 Å². The number of carbonyl (C=O) groups excluding carboxylic acids is 2. The molecule has 0 aliphatic carbocycles. The van der Waals surface area contributed by atoms with E-state index in [-0.39, 0.29) is 17.7 Å². The lowest BCUT2D eigenvalue weighted by Crippen LogP contribution is -2.99. The van der Waals surface area contributed by atoms with Gasteiger partial charge in [-0.1, -0.05) is 35.3 Å². The number of carboxylic acids is 1. The minimum Gasteiger partial charge on any atom is -0.595 e. The zero-order chi connectivity index (χ0) is 20.6. The summed E-state index contributed by atoms with van der Waals surface area (Å²) in [6, 6.07) is 4.02. The summed E-state index contributed by atoms with van der Waals surface area (Å²) in [5.74, 6) is -2.85. The van der Waals surface area contributed by atoms with E-state index in [0.29, 0.717) is 0 Å². The standard InChI is InChI=1S/C15H18Cl2N2O8/c16-14(17)15(24)18-10(7-27-12(22)6-5-11(20)21)13(23)8-1-3-9(4-2-8)19(25)26/h1-4,10,13-14,19,23,25H,5-7H2,(H,18,24)(H,20,21). The number of aliphatic carboxylic acids is 1. The van der Waals surface area contributed by atoms with Crippen LogP contribution in [0.4, 0.5) is 5.69 Å². The highest BCUT2D eigenvalue weighted by Gasteiger charge is 2.27. The van der Waals surface area contributed by atoms with E-state index >= 15 is 0 Å². The fourth-order valence-corrected chi connectivity index (χ4v) is 2.10. The van der Waals surface area contributed by atoms with Gasteiger partial charge in [-0.05, 0) is 5.56 Å². The molecule has 1 amide bonds. The number of carbonyl (C=O) groups is 3. The number of nitrogens with one attached hydrogen (secondary N) is 2. The molecule has 3 atom stereocenters. The predicted octanol–water partition coefficient (Wildman–Crippen LogP) is -0.180. The van der Waals surface area contributed by atoms with Gasteiger partial charge in [0.2, 0.25) is 0 Å². The first-order valence-electron chi connectivity index (χ1n) is 7.59. The van der Waals surface area contributed by atoms with Gasteiger partial charge in [-0.25, -0.2) is 5.21 Å². The molecular weight excluding hydrogens is 407 g/mol. The number of hydrogen-bond donors (Lipinski definition) is 5. The summed E-state index contributed by atoms with van der Waals surface area (Å²) < 4.78 is 4.88. The van der Waals surface area contributed by atoms with Crippen LogP contribution in [0, 0.1) is 5.21 Å². The highest BCUT2D eigenvalue weighted by atomic mass is 35.5. The molecule has 12 heteroatoms. The van der Waals surface area contributed by atoms with Gasteiger partial charge >= 0.3 is 11.9 Å². The number of hydrogen-bond acceptors (Lipinski definition) is 7. The second-order valence-corrected chi connectivity index (χ2v) is 6.46. The molecule has 0 bridgehead atoms. The van der Waals surface area contributed by atoms with Crippen molar-refractivity contribution in [3.63, 3.8) is 0 Å². The van der Waals surface area contributed by atoms with Crippen LogP contribution in [0.3, 0.4) is 0 Å². The van der Waals surface area contributed by atoms with Crippen LogP contribution in [0.2, 0.25) is 0 Å². The van der Waals surface area contributed by atoms with Crippen molar-refractivity contribution in [1.29, 1.82) is 0 Å². The SMILES string of the molecule is O=C(O)CCC(=O)OCC(NC(=O)C(Cl)Cl)C(O)c1ccc([NH+]([O-])O)cc1. The van der Waals surface area contributed by atoms with E-state index in [1.807, 2.05) is 0 Å². The Bertz CT molecular complexity index is 654. The first-order valence-corrected chi connectivity index (χ1v) is 8.46. The van der Waals surface area contributed by atoms with Gasteiger partial charge in [0.15, 0.2) is 10.5 Å². The maximum atomic E-state index is 11.7. The van der Waals surface area contributed by atoms with Crippen molar-refractivity contribution in [3.8, 4) is 0 Å². The van der Waals surface area contributed by atoms with E-state index in [1.165, 1.54) is 24.3 Å². The molecule has 3 unspecified atom stereocenters. The minimum absolute atomic E-state index is 0.00628. The van der Waals surface area contributed by atoms with Crippen LogP contribution in [0.5, 0.6) is 0 Å². The highest BCUT2D eigenvalue weighted by Crippen LogP contribution is 2.19. The lowest BCUT2D eigenvalue weighted by atomic mass is 10.0. The number of alkyl halides is 2. The minimum atomic E-state index is -1.43. The number of ether oxygens (including phenoxy) is 1. The first-order chi connectivity index (χ1) is 12.6. The Kier molecular flexibility index (Phi) is 9.43. The second kappa shape index (κ2) is 11.0. The van der Waals surface area contributed by atoms with E-state index in [4.69, 9.17) is 38.3 Å². The normalized spacial score (nSPS) is 14.3. The van der Waals surface area contributed by atoms with Gasteiger partial charge in [-0.3, -0.25) is 14.4 Å². The summed E-state index contributed by atoms with van der Waals surface area (Å²) in [6.45, 7) is -0.480. The maximum absolute atomic E-state index is 11.7. The van der Waals surface area contributed by atoms with Crippen molar-refractivity contribution in [3.05, 3.63) is 35.0 Å². The molecule has 150 valence electrons. The van der Waals surface area contributed by atoms with Gasteiger partial charge in [0.05, 0.1) is 18.9 Å². The van der Waals surface area contributed by atoms with Crippen molar-refractivity contribution < 1.29 is 39.8 Å². The van der Waals surface area contributed by atoms with Crippen molar-refractivity contribution in [2.45, 2.75) is 29.8 Å². The van der Waals surface area contributed by atoms with Crippen LogP contribution in [0.25, 0.3) is 0 Å². The summed E-state index contributed by atoms with van der Waals surface area (Å²) in [5.41, 5.74) is 0.237. The maximum Gasteiger partial charge on any atom is 0.306 e. The Labute approximate surface area is 163 Å². The number of benzene rings is 1. The van der Waals surface area contributed by atoms with Gasteiger partial charge in [0, 0.05) is 12.1 Å². The molecule has 0 aliphatic rings. The molecule has 1 aromatic carbocycles. The Morgan fingerprint density at radius 3 is 2.26 bits per heavy atom. The largest absolute Gasteiger partial charge is 0.595 e. The first kappa shape index (κ1) is 23.1. The monoisotopic (exact) mass is 424 g/mol. The lowest BCUT2D eigenvalue weighted by Gasteiger charge is -2.25. The Morgan fingerprint density at radius 2 is 1.78 bits per heavy atom. The number of rotatable bonds is 10. The van der Waals surface area contributed by atoms with E-state index in [9.17, 15) is 24.7 Å². The molecule has 0 spiro atoms. The molecule has 0 aliphatic heterocycles. The predicted molar refractivity (Wildman–Crippen MR) is 92.4 cm³/mol. The topological polar surface area (TPSA) is 161 Å². The molecule has 0 saturated heterocycles. The molecule has 5 N–H and O–H groups in total. The Balaban J connectivity index is 2.84. The van der Waals surface area contributed by atoms with Crippen LogP contribution < -0.4 is 10.5 Å². The second-order valence-electron chi connectivity index (χ2n) is 5.36. The summed E-state index contributed by atoms with van der Waals surface area (Å²) in [7, 11) is 0. The van der Waals surface area contributed by atoms with Gasteiger partial charge in [0.1, 0.15) is 12.7 Å². The molecule has 1 aromatic rings. The zero-order valence-corrected chi connectivity index (χ0v) is 15.3. The number of amides is 1. The summed E-state index contributed by atoms with van der Waals surface area (Å²) >= 11 is 10.9. The molecule has 0 saturated carbocycles. The van der Waals surface area contributed by atoms with Gasteiger partial charge < -0.3 is 25.5 Å². The number of esters is 1. The average molecular weight is 425 g/mol. The van der Waals surface area contributed by atoms with Crippen molar-refractivity contribution in [1.82, 2.24) is 5.32 Å². The van der Waals surface area contributed by atoms with E-state index in [0.717, 1.165) is 0 Å². The van der Waals surface area contributed by atoms with Crippen LogP contribution in [-0.2, 0) is 19.1 Å². The molecule has 1 rings (SSSR count). The van der Waals surface area contributed by atoms with E-state index < -0.39 is 53.1 Å². The molecule has 27 heavy (non-hydrogen) atoms. The fraction of sp³-hybridized carbons (Fsp3) is 0.400. The fourth-order valence-electron chi connectivity index (χ4n) is 1.98. The third kappa shape index (κ3) is 8.08. The summed E-state index contributed by atoms with van der Waals surface area (Å²) in [6.07, 6.45) is -2.19. The van der Waals surface area contributed by atoms with Gasteiger partial charge in [-0.15, -0.1) is 0 Å². The van der Waals surface area contributed by atoms with Crippen LogP contribution in [0.1, 0.15) is 24.5 Å². The molecule has 10 nitrogen and oxygen atoms in total. The Morgan fingerprint density at radius 1 is 1.19 bits per heavy atom. The smallest absolute Gasteiger partial charge is 0.306 e.